The predicted molar refractivity (Wildman–Crippen MR) is 74.6 cm³/mol. The van der Waals surface area contributed by atoms with Crippen LogP contribution in [0.15, 0.2) is 12.1 Å². The highest BCUT2D eigenvalue weighted by atomic mass is 19.4. The van der Waals surface area contributed by atoms with Crippen LogP contribution in [0.3, 0.4) is 0 Å². The Kier molecular flexibility index (Phi) is 7.04. The molecule has 23 heavy (non-hydrogen) atoms. The van der Waals surface area contributed by atoms with E-state index in [4.69, 9.17) is 9.84 Å². The lowest BCUT2D eigenvalue weighted by Crippen LogP contribution is -2.20. The van der Waals surface area contributed by atoms with E-state index in [-0.39, 0.29) is 35.9 Å². The zero-order chi connectivity index (χ0) is 17.5. The molecule has 1 rings (SSSR count). The molecular formula is C13H17F3N2O5. The molecule has 0 unspecified atom stereocenters. The van der Waals surface area contributed by atoms with Gasteiger partial charge in [-0.05, 0) is 19.0 Å². The molecule has 10 heteroatoms. The number of methoxy groups -OCH3 is 1. The molecule has 0 spiro atoms. The number of nitro groups is 1. The fraction of sp³-hybridized carbons (Fsp3) is 0.538. The van der Waals surface area contributed by atoms with Gasteiger partial charge in [-0.1, -0.05) is 0 Å². The summed E-state index contributed by atoms with van der Waals surface area (Å²) >= 11 is 0. The first kappa shape index (κ1) is 19.0. The van der Waals surface area contributed by atoms with E-state index in [1.165, 1.54) is 13.2 Å². The van der Waals surface area contributed by atoms with Crippen LogP contribution < -0.4 is 14.8 Å². The monoisotopic (exact) mass is 338 g/mol. The molecule has 0 saturated heterocycles. The molecule has 0 aromatic heterocycles. The second-order valence-electron chi connectivity index (χ2n) is 4.55. The van der Waals surface area contributed by atoms with Crippen molar-refractivity contribution in [1.82, 2.24) is 5.32 Å². The maximum Gasteiger partial charge on any atom is 0.422 e. The van der Waals surface area contributed by atoms with Crippen LogP contribution in [-0.4, -0.2) is 43.1 Å². The molecule has 0 amide bonds. The van der Waals surface area contributed by atoms with Crippen molar-refractivity contribution in [3.8, 4) is 11.5 Å². The summed E-state index contributed by atoms with van der Waals surface area (Å²) in [5.74, 6) is -0.380. The van der Waals surface area contributed by atoms with Gasteiger partial charge in [0.15, 0.2) is 18.1 Å². The van der Waals surface area contributed by atoms with E-state index in [9.17, 15) is 23.3 Å². The summed E-state index contributed by atoms with van der Waals surface area (Å²) in [5, 5.41) is 22.6. The largest absolute Gasteiger partial charge is 0.493 e. The number of nitrogens with one attached hydrogen (secondary N) is 1. The van der Waals surface area contributed by atoms with Crippen molar-refractivity contribution < 1.29 is 32.7 Å². The highest BCUT2D eigenvalue weighted by Crippen LogP contribution is 2.35. The summed E-state index contributed by atoms with van der Waals surface area (Å²) in [6.07, 6.45) is -4.10. The van der Waals surface area contributed by atoms with Crippen molar-refractivity contribution in [2.24, 2.45) is 0 Å². The molecule has 1 aromatic rings. The fourth-order valence-electron chi connectivity index (χ4n) is 1.76. The van der Waals surface area contributed by atoms with Crippen LogP contribution in [-0.2, 0) is 6.54 Å². The topological polar surface area (TPSA) is 93.9 Å². The third-order valence-electron chi connectivity index (χ3n) is 2.78. The van der Waals surface area contributed by atoms with Gasteiger partial charge >= 0.3 is 6.18 Å². The third kappa shape index (κ3) is 6.28. The number of hydrogen-bond acceptors (Lipinski definition) is 6. The van der Waals surface area contributed by atoms with E-state index >= 15 is 0 Å². The van der Waals surface area contributed by atoms with Crippen molar-refractivity contribution in [3.63, 3.8) is 0 Å². The number of rotatable bonds is 9. The average molecular weight is 338 g/mol. The summed E-state index contributed by atoms with van der Waals surface area (Å²) < 4.78 is 46.2. The number of aliphatic hydroxyl groups excluding tert-OH is 1. The lowest BCUT2D eigenvalue weighted by molar-refractivity contribution is -0.385. The average Bonchev–Trinajstić information content (AvgIpc) is 2.48. The number of benzene rings is 1. The van der Waals surface area contributed by atoms with Gasteiger partial charge in [-0.2, -0.15) is 13.2 Å². The van der Waals surface area contributed by atoms with E-state index < -0.39 is 17.7 Å². The molecular weight excluding hydrogens is 321 g/mol. The van der Waals surface area contributed by atoms with Crippen molar-refractivity contribution in [2.45, 2.75) is 19.1 Å². The van der Waals surface area contributed by atoms with E-state index in [1.54, 1.807) is 0 Å². The Morgan fingerprint density at radius 1 is 1.35 bits per heavy atom. The van der Waals surface area contributed by atoms with E-state index in [2.05, 4.69) is 10.1 Å². The molecule has 1 aromatic carbocycles. The normalized spacial score (nSPS) is 11.3. The molecule has 0 bridgehead atoms. The highest BCUT2D eigenvalue weighted by molar-refractivity contribution is 5.54. The zero-order valence-electron chi connectivity index (χ0n) is 12.4. The second-order valence-corrected chi connectivity index (χ2v) is 4.55. The minimum atomic E-state index is -4.57. The maximum absolute atomic E-state index is 12.2. The lowest BCUT2D eigenvalue weighted by atomic mass is 10.1. The highest BCUT2D eigenvalue weighted by Gasteiger charge is 2.30. The molecule has 0 radical (unpaired) electrons. The summed E-state index contributed by atoms with van der Waals surface area (Å²) in [5.41, 5.74) is -0.136. The summed E-state index contributed by atoms with van der Waals surface area (Å²) in [7, 11) is 1.23. The lowest BCUT2D eigenvalue weighted by Gasteiger charge is -2.14. The van der Waals surface area contributed by atoms with E-state index in [1.807, 2.05) is 0 Å². The quantitative estimate of drug-likeness (QED) is 0.406. The van der Waals surface area contributed by atoms with Crippen molar-refractivity contribution in [3.05, 3.63) is 27.8 Å². The van der Waals surface area contributed by atoms with Gasteiger partial charge in [-0.25, -0.2) is 0 Å². The molecule has 0 atom stereocenters. The van der Waals surface area contributed by atoms with E-state index in [0.29, 0.717) is 13.0 Å². The molecule has 130 valence electrons. The molecule has 0 aliphatic rings. The Hall–Kier alpha value is -2.07. The van der Waals surface area contributed by atoms with Crippen LogP contribution in [0.4, 0.5) is 18.9 Å². The first-order valence-electron chi connectivity index (χ1n) is 6.65. The number of ether oxygens (including phenoxy) is 2. The van der Waals surface area contributed by atoms with Crippen molar-refractivity contribution >= 4 is 5.69 Å². The standard InChI is InChI=1S/C13H17F3N2O5/c1-22-11-5-9(7-17-3-2-4-19)10(18(20)21)6-12(11)23-8-13(14,15)16/h5-6,17,19H,2-4,7-8H2,1H3. The first-order chi connectivity index (χ1) is 10.8. The minimum absolute atomic E-state index is 0.0252. The van der Waals surface area contributed by atoms with Crippen LogP contribution >= 0.6 is 0 Å². The molecule has 0 aliphatic carbocycles. The van der Waals surface area contributed by atoms with Crippen molar-refractivity contribution in [2.75, 3.05) is 26.9 Å². The minimum Gasteiger partial charge on any atom is -0.493 e. The van der Waals surface area contributed by atoms with Gasteiger partial charge in [0.05, 0.1) is 18.1 Å². The number of nitro benzene ring substituents is 1. The Labute approximate surface area is 130 Å². The molecule has 0 aliphatic heterocycles. The number of hydrogen-bond donors (Lipinski definition) is 2. The molecule has 7 nitrogen and oxygen atoms in total. The van der Waals surface area contributed by atoms with Gasteiger partial charge in [0.2, 0.25) is 0 Å². The summed E-state index contributed by atoms with van der Waals surface area (Å²) in [6.45, 7) is -1.06. The summed E-state index contributed by atoms with van der Waals surface area (Å²) in [4.78, 5) is 10.4. The van der Waals surface area contributed by atoms with Gasteiger partial charge < -0.3 is 19.9 Å². The zero-order valence-corrected chi connectivity index (χ0v) is 12.4. The molecule has 0 fully saturated rings. The Morgan fingerprint density at radius 3 is 2.57 bits per heavy atom. The number of halogens is 3. The Balaban J connectivity index is 3.00. The van der Waals surface area contributed by atoms with Crippen LogP contribution in [0.5, 0.6) is 11.5 Å². The van der Waals surface area contributed by atoms with Gasteiger partial charge in [0.1, 0.15) is 0 Å². The predicted octanol–water partition coefficient (Wildman–Crippen LogP) is 2.02. The molecule has 0 saturated carbocycles. The Morgan fingerprint density at radius 2 is 2.04 bits per heavy atom. The smallest absolute Gasteiger partial charge is 0.422 e. The van der Waals surface area contributed by atoms with Gasteiger partial charge in [-0.15, -0.1) is 0 Å². The van der Waals surface area contributed by atoms with Gasteiger partial charge in [0, 0.05) is 18.7 Å². The van der Waals surface area contributed by atoms with Crippen LogP contribution in [0.25, 0.3) is 0 Å². The SMILES string of the molecule is COc1cc(CNCCCO)c([N+](=O)[O-])cc1OCC(F)(F)F. The van der Waals surface area contributed by atoms with Gasteiger partial charge in [0.25, 0.3) is 5.69 Å². The van der Waals surface area contributed by atoms with Crippen LogP contribution in [0.1, 0.15) is 12.0 Å². The maximum atomic E-state index is 12.2. The second kappa shape index (κ2) is 8.53. The number of alkyl halides is 3. The summed E-state index contributed by atoms with van der Waals surface area (Å²) in [6, 6.07) is 2.17. The van der Waals surface area contributed by atoms with E-state index in [0.717, 1.165) is 6.07 Å². The van der Waals surface area contributed by atoms with Crippen molar-refractivity contribution in [1.29, 1.82) is 0 Å². The third-order valence-corrected chi connectivity index (χ3v) is 2.78. The first-order valence-corrected chi connectivity index (χ1v) is 6.65. The van der Waals surface area contributed by atoms with Crippen LogP contribution in [0, 0.1) is 10.1 Å². The van der Waals surface area contributed by atoms with Crippen LogP contribution in [0.2, 0.25) is 0 Å². The fourth-order valence-corrected chi connectivity index (χ4v) is 1.76. The number of aliphatic hydroxyl groups is 1. The Bertz CT molecular complexity index is 537. The van der Waals surface area contributed by atoms with Gasteiger partial charge in [-0.3, -0.25) is 10.1 Å². The molecule has 2 N–H and O–H groups in total. The molecule has 0 heterocycles. The number of nitrogens with zero attached hydrogens (tertiary/aromatic N) is 1.